The zero-order valence-electron chi connectivity index (χ0n) is 21.0. The van der Waals surface area contributed by atoms with Crippen molar-refractivity contribution in [1.82, 2.24) is 15.1 Å². The van der Waals surface area contributed by atoms with Crippen LogP contribution in [-0.4, -0.2) is 53.3 Å². The van der Waals surface area contributed by atoms with Crippen LogP contribution in [0.1, 0.15) is 66.4 Å². The molecule has 186 valence electrons. The highest BCUT2D eigenvalue weighted by molar-refractivity contribution is 5.94. The molecule has 5 nitrogen and oxygen atoms in total. The van der Waals surface area contributed by atoms with E-state index in [0.29, 0.717) is 30.8 Å². The Kier molecular flexibility index (Phi) is 7.52. The lowest BCUT2D eigenvalue weighted by atomic mass is 9.69. The van der Waals surface area contributed by atoms with E-state index in [1.54, 1.807) is 0 Å². The van der Waals surface area contributed by atoms with Gasteiger partial charge in [-0.25, -0.2) is 0 Å². The number of nitrogens with zero attached hydrogens (tertiary/aromatic N) is 2. The highest BCUT2D eigenvalue weighted by Gasteiger charge is 2.49. The van der Waals surface area contributed by atoms with Crippen LogP contribution in [0.4, 0.5) is 0 Å². The fourth-order valence-electron chi connectivity index (χ4n) is 6.90. The smallest absolute Gasteiger partial charge is 0.254 e. The Morgan fingerprint density at radius 1 is 1.00 bits per heavy atom. The van der Waals surface area contributed by atoms with E-state index >= 15 is 0 Å². The number of rotatable bonds is 7. The molecule has 2 aromatic rings. The van der Waals surface area contributed by atoms with Gasteiger partial charge in [0.1, 0.15) is 0 Å². The minimum atomic E-state index is 0.0991. The molecule has 2 amide bonds. The summed E-state index contributed by atoms with van der Waals surface area (Å²) in [6.45, 7) is 5.89. The summed E-state index contributed by atoms with van der Waals surface area (Å²) in [7, 11) is 0. The lowest BCUT2D eigenvalue weighted by Gasteiger charge is -2.57. The molecule has 0 saturated carbocycles. The van der Waals surface area contributed by atoms with Crippen LogP contribution in [-0.2, 0) is 11.3 Å². The largest absolute Gasteiger partial charge is 0.352 e. The number of benzene rings is 2. The van der Waals surface area contributed by atoms with Crippen molar-refractivity contribution in [3.8, 4) is 0 Å². The lowest BCUT2D eigenvalue weighted by molar-refractivity contribution is -0.121. The second-order valence-corrected chi connectivity index (χ2v) is 10.8. The first-order valence-electron chi connectivity index (χ1n) is 13.5. The van der Waals surface area contributed by atoms with Crippen molar-refractivity contribution >= 4 is 11.8 Å². The minimum Gasteiger partial charge on any atom is -0.352 e. The number of piperidine rings is 3. The summed E-state index contributed by atoms with van der Waals surface area (Å²) in [5.74, 6) is 1.37. The van der Waals surface area contributed by atoms with Crippen molar-refractivity contribution in [3.05, 3.63) is 71.3 Å². The van der Waals surface area contributed by atoms with Crippen molar-refractivity contribution in [1.29, 1.82) is 0 Å². The SMILES string of the molecule is Cc1cccc(C(=O)N2C[C@@H]3CCCN4CCC[C@@H]([C@H]34)[C@H]2CCCC(=O)NCc2ccccc2)c1. The molecule has 2 aromatic carbocycles. The molecule has 0 spiro atoms. The maximum atomic E-state index is 13.8. The second-order valence-electron chi connectivity index (χ2n) is 10.8. The van der Waals surface area contributed by atoms with Crippen LogP contribution in [0.3, 0.4) is 0 Å². The zero-order chi connectivity index (χ0) is 24.2. The second kappa shape index (κ2) is 10.9. The molecule has 3 fully saturated rings. The van der Waals surface area contributed by atoms with Crippen molar-refractivity contribution in [2.75, 3.05) is 19.6 Å². The number of carbonyl (C=O) groups is 2. The van der Waals surface area contributed by atoms with Gasteiger partial charge in [-0.2, -0.15) is 0 Å². The molecule has 0 aliphatic carbocycles. The van der Waals surface area contributed by atoms with Crippen LogP contribution in [0.2, 0.25) is 0 Å². The van der Waals surface area contributed by atoms with Gasteiger partial charge < -0.3 is 10.2 Å². The average Bonchev–Trinajstić information content (AvgIpc) is 2.89. The van der Waals surface area contributed by atoms with Crippen molar-refractivity contribution in [2.45, 2.75) is 70.5 Å². The third kappa shape index (κ3) is 5.45. The summed E-state index contributed by atoms with van der Waals surface area (Å²) < 4.78 is 0. The van der Waals surface area contributed by atoms with Gasteiger partial charge in [-0.15, -0.1) is 0 Å². The molecule has 0 radical (unpaired) electrons. The Morgan fingerprint density at radius 3 is 2.60 bits per heavy atom. The Balaban J connectivity index is 1.28. The molecule has 3 aliphatic heterocycles. The first-order chi connectivity index (χ1) is 17.1. The van der Waals surface area contributed by atoms with Gasteiger partial charge >= 0.3 is 0 Å². The molecule has 0 bridgehead atoms. The van der Waals surface area contributed by atoms with Crippen LogP contribution >= 0.6 is 0 Å². The van der Waals surface area contributed by atoms with E-state index < -0.39 is 0 Å². The monoisotopic (exact) mass is 473 g/mol. The van der Waals surface area contributed by atoms with Gasteiger partial charge in [0.25, 0.3) is 5.91 Å². The van der Waals surface area contributed by atoms with E-state index in [1.807, 2.05) is 48.5 Å². The van der Waals surface area contributed by atoms with Crippen LogP contribution in [0, 0.1) is 18.8 Å². The van der Waals surface area contributed by atoms with Crippen LogP contribution in [0.5, 0.6) is 0 Å². The number of amides is 2. The Labute approximate surface area is 209 Å². The topological polar surface area (TPSA) is 52.7 Å². The molecule has 5 rings (SSSR count). The van der Waals surface area contributed by atoms with Gasteiger partial charge in [-0.3, -0.25) is 14.5 Å². The summed E-state index contributed by atoms with van der Waals surface area (Å²) in [5, 5.41) is 3.06. The molecular weight excluding hydrogens is 434 g/mol. The summed E-state index contributed by atoms with van der Waals surface area (Å²) >= 11 is 0. The molecule has 4 atom stereocenters. The first-order valence-corrected chi connectivity index (χ1v) is 13.5. The molecule has 3 aliphatic rings. The molecule has 35 heavy (non-hydrogen) atoms. The first kappa shape index (κ1) is 24.1. The molecule has 3 saturated heterocycles. The molecule has 3 heterocycles. The number of hydrogen-bond acceptors (Lipinski definition) is 3. The molecule has 0 aromatic heterocycles. The average molecular weight is 474 g/mol. The predicted molar refractivity (Wildman–Crippen MR) is 139 cm³/mol. The number of aryl methyl sites for hydroxylation is 1. The fourth-order valence-corrected chi connectivity index (χ4v) is 6.90. The number of likely N-dealkylation sites (tertiary alicyclic amines) is 1. The fraction of sp³-hybridized carbons (Fsp3) is 0.533. The summed E-state index contributed by atoms with van der Waals surface area (Å²) in [6.07, 6.45) is 7.11. The molecule has 1 N–H and O–H groups in total. The van der Waals surface area contributed by atoms with Crippen molar-refractivity contribution in [2.24, 2.45) is 11.8 Å². The van der Waals surface area contributed by atoms with Crippen molar-refractivity contribution in [3.63, 3.8) is 0 Å². The molecule has 5 heteroatoms. The number of nitrogens with one attached hydrogen (secondary N) is 1. The predicted octanol–water partition coefficient (Wildman–Crippen LogP) is 4.80. The van der Waals surface area contributed by atoms with Gasteiger partial charge in [0.2, 0.25) is 5.91 Å². The van der Waals surface area contributed by atoms with E-state index in [0.717, 1.165) is 36.1 Å². The van der Waals surface area contributed by atoms with E-state index in [1.165, 1.54) is 38.8 Å². The van der Waals surface area contributed by atoms with Crippen LogP contribution in [0.15, 0.2) is 54.6 Å². The van der Waals surface area contributed by atoms with Crippen LogP contribution < -0.4 is 5.32 Å². The van der Waals surface area contributed by atoms with Gasteiger partial charge in [0.15, 0.2) is 0 Å². The number of hydrogen-bond donors (Lipinski definition) is 1. The quantitative estimate of drug-likeness (QED) is 0.629. The van der Waals surface area contributed by atoms with Crippen molar-refractivity contribution < 1.29 is 9.59 Å². The normalized spacial score (nSPS) is 26.1. The Morgan fingerprint density at radius 2 is 1.80 bits per heavy atom. The lowest BCUT2D eigenvalue weighted by Crippen LogP contribution is -2.65. The zero-order valence-corrected chi connectivity index (χ0v) is 21.0. The van der Waals surface area contributed by atoms with Gasteiger partial charge in [0.05, 0.1) is 0 Å². The van der Waals surface area contributed by atoms with E-state index in [2.05, 4.69) is 28.1 Å². The summed E-state index contributed by atoms with van der Waals surface area (Å²) in [6, 6.07) is 18.9. The third-order valence-corrected chi connectivity index (χ3v) is 8.43. The van der Waals surface area contributed by atoms with Gasteiger partial charge in [0, 0.05) is 37.2 Å². The van der Waals surface area contributed by atoms with E-state index in [4.69, 9.17) is 0 Å². The van der Waals surface area contributed by atoms with Gasteiger partial charge in [-0.1, -0.05) is 48.0 Å². The maximum absolute atomic E-state index is 13.8. The van der Waals surface area contributed by atoms with Gasteiger partial charge in [-0.05, 0) is 88.1 Å². The Bertz CT molecular complexity index is 1020. The summed E-state index contributed by atoms with van der Waals surface area (Å²) in [5.41, 5.74) is 3.05. The minimum absolute atomic E-state index is 0.0991. The highest BCUT2D eigenvalue weighted by atomic mass is 16.2. The Hall–Kier alpha value is -2.66. The van der Waals surface area contributed by atoms with E-state index in [-0.39, 0.29) is 17.9 Å². The molecular formula is C30H39N3O2. The molecule has 0 unspecified atom stereocenters. The number of carbonyl (C=O) groups excluding carboxylic acids is 2. The van der Waals surface area contributed by atoms with E-state index in [9.17, 15) is 9.59 Å². The van der Waals surface area contributed by atoms with Crippen LogP contribution in [0.25, 0.3) is 0 Å². The standard InChI is InChI=1S/C30H39N3O2/c1-22-9-5-12-24(19-22)30(35)33-21-25-13-7-17-32-18-8-14-26(29(25)32)27(33)15-6-16-28(34)31-20-23-10-3-2-4-11-23/h2-5,9-12,19,25-27,29H,6-8,13-18,20-21H2,1H3,(H,31,34)/t25-,26+,27+,29-/m0/s1. The third-order valence-electron chi connectivity index (χ3n) is 8.43. The summed E-state index contributed by atoms with van der Waals surface area (Å²) in [4.78, 5) is 31.3. The maximum Gasteiger partial charge on any atom is 0.254 e. The highest BCUT2D eigenvalue weighted by Crippen LogP contribution is 2.43.